The maximum Gasteiger partial charge on any atom is 0.499 e. The molecule has 0 bridgehead atoms. The molecule has 0 spiro atoms. The number of halogens is 1. The van der Waals surface area contributed by atoms with Crippen molar-refractivity contribution in [2.45, 2.75) is 59.9 Å². The molecule has 196 valence electrons. The molecular weight excluding hydrogens is 470 g/mol. The molecule has 1 unspecified atom stereocenters. The molecular formula is C29H36BFN2O4. The largest absolute Gasteiger partial charge is 0.499 e. The highest BCUT2D eigenvalue weighted by Crippen LogP contribution is 2.32. The van der Waals surface area contributed by atoms with Gasteiger partial charge in [0.2, 0.25) is 5.88 Å². The number of hydrogen-bond acceptors (Lipinski definition) is 6. The van der Waals surface area contributed by atoms with Crippen molar-refractivity contribution in [3.05, 3.63) is 63.1 Å². The number of benzene rings is 2. The second-order valence-electron chi connectivity index (χ2n) is 11.3. The first-order valence-corrected chi connectivity index (χ1v) is 13.3. The maximum atomic E-state index is 15.1. The monoisotopic (exact) mass is 506 g/mol. The third kappa shape index (κ3) is 5.14. The Morgan fingerprint density at radius 1 is 1.08 bits per heavy atom. The molecule has 2 saturated heterocycles. The van der Waals surface area contributed by atoms with Gasteiger partial charge in [0, 0.05) is 48.4 Å². The minimum absolute atomic E-state index is 0.00274. The van der Waals surface area contributed by atoms with E-state index in [0.717, 1.165) is 37.1 Å². The molecule has 5 rings (SSSR count). The second kappa shape index (κ2) is 10.1. The van der Waals surface area contributed by atoms with Crippen LogP contribution in [0.5, 0.6) is 0 Å². The fraction of sp³-hybridized carbons (Fsp3) is 0.483. The normalized spacial score (nSPS) is 18.8. The van der Waals surface area contributed by atoms with E-state index in [1.807, 2.05) is 39.0 Å². The van der Waals surface area contributed by atoms with Crippen LogP contribution in [0.15, 0.2) is 39.5 Å². The Hall–Kier alpha value is -2.84. The highest BCUT2D eigenvalue weighted by molar-refractivity contribution is 6.63. The van der Waals surface area contributed by atoms with Crippen molar-refractivity contribution < 1.29 is 18.1 Å². The fourth-order valence-corrected chi connectivity index (χ4v) is 5.35. The summed E-state index contributed by atoms with van der Waals surface area (Å²) in [5.74, 6) is 0.276. The fourth-order valence-electron chi connectivity index (χ4n) is 5.35. The van der Waals surface area contributed by atoms with E-state index in [1.54, 1.807) is 6.07 Å². The molecule has 8 heteroatoms. The number of aryl methyl sites for hydroxylation is 1. The summed E-state index contributed by atoms with van der Waals surface area (Å²) in [7, 11) is -0.788. The van der Waals surface area contributed by atoms with Gasteiger partial charge in [0.1, 0.15) is 11.4 Å². The van der Waals surface area contributed by atoms with Crippen LogP contribution >= 0.6 is 0 Å². The Bertz CT molecular complexity index is 1360. The van der Waals surface area contributed by atoms with E-state index in [4.69, 9.17) is 13.7 Å². The van der Waals surface area contributed by atoms with Crippen molar-refractivity contribution in [2.24, 2.45) is 5.41 Å². The summed E-state index contributed by atoms with van der Waals surface area (Å²) in [6, 6.07) is 8.58. The van der Waals surface area contributed by atoms with Gasteiger partial charge in [-0.2, -0.15) is 0 Å². The van der Waals surface area contributed by atoms with E-state index in [9.17, 15) is 4.79 Å². The molecule has 0 radical (unpaired) electrons. The van der Waals surface area contributed by atoms with Crippen LogP contribution < -0.4 is 21.1 Å². The van der Waals surface area contributed by atoms with Gasteiger partial charge in [-0.15, -0.1) is 0 Å². The quantitative estimate of drug-likeness (QED) is 0.463. The number of hydrogen-bond donors (Lipinski definition) is 1. The van der Waals surface area contributed by atoms with Crippen molar-refractivity contribution in [3.8, 4) is 0 Å². The summed E-state index contributed by atoms with van der Waals surface area (Å²) >= 11 is 0. The molecule has 0 saturated carbocycles. The summed E-state index contributed by atoms with van der Waals surface area (Å²) < 4.78 is 33.4. The lowest BCUT2D eigenvalue weighted by atomic mass is 9.74. The highest BCUT2D eigenvalue weighted by atomic mass is 19.1. The van der Waals surface area contributed by atoms with Crippen LogP contribution in [0.25, 0.3) is 11.0 Å². The predicted octanol–water partition coefficient (Wildman–Crippen LogP) is 5.48. The Morgan fingerprint density at radius 3 is 2.49 bits per heavy atom. The molecule has 1 aromatic heterocycles. The minimum atomic E-state index is -0.788. The number of fused-ring (bicyclic) bond motifs is 1. The van der Waals surface area contributed by atoms with Gasteiger partial charge in [-0.05, 0) is 63.8 Å². The van der Waals surface area contributed by atoms with Crippen molar-refractivity contribution in [1.29, 1.82) is 0 Å². The molecule has 2 aromatic carbocycles. The van der Waals surface area contributed by atoms with E-state index in [1.165, 1.54) is 12.5 Å². The van der Waals surface area contributed by atoms with E-state index in [2.05, 4.69) is 24.1 Å². The summed E-state index contributed by atoms with van der Waals surface area (Å²) in [5, 5.41) is 4.03. The number of anilines is 2. The van der Waals surface area contributed by atoms with Crippen LogP contribution in [-0.2, 0) is 9.31 Å². The Labute approximate surface area is 218 Å². The Kier molecular flexibility index (Phi) is 7.07. The molecule has 2 aliphatic rings. The first-order chi connectivity index (χ1) is 17.6. The van der Waals surface area contributed by atoms with Gasteiger partial charge in [-0.3, -0.25) is 4.79 Å². The molecule has 0 amide bonds. The van der Waals surface area contributed by atoms with E-state index in [0.29, 0.717) is 46.8 Å². The minimum Gasteiger partial charge on any atom is -0.440 e. The molecule has 3 aromatic rings. The van der Waals surface area contributed by atoms with Crippen molar-refractivity contribution >= 4 is 35.1 Å². The van der Waals surface area contributed by atoms with Crippen LogP contribution in [0.4, 0.5) is 16.0 Å². The molecule has 6 nitrogen and oxygen atoms in total. The average Bonchev–Trinajstić information content (AvgIpc) is 2.87. The highest BCUT2D eigenvalue weighted by Gasteiger charge is 2.37. The maximum absolute atomic E-state index is 15.1. The van der Waals surface area contributed by atoms with E-state index in [-0.39, 0.29) is 22.7 Å². The van der Waals surface area contributed by atoms with Crippen LogP contribution in [-0.4, -0.2) is 33.4 Å². The predicted molar refractivity (Wildman–Crippen MR) is 148 cm³/mol. The first-order valence-electron chi connectivity index (χ1n) is 13.3. The van der Waals surface area contributed by atoms with Gasteiger partial charge in [0.25, 0.3) is 0 Å². The lowest BCUT2D eigenvalue weighted by molar-refractivity contribution is 0.0341. The smallest absolute Gasteiger partial charge is 0.440 e. The number of nitrogens with one attached hydrogen (secondary N) is 1. The molecule has 2 fully saturated rings. The second-order valence-corrected chi connectivity index (χ2v) is 11.3. The van der Waals surface area contributed by atoms with E-state index < -0.39 is 7.12 Å². The summed E-state index contributed by atoms with van der Waals surface area (Å²) in [5.41, 5.74) is 3.87. The molecule has 1 N–H and O–H groups in total. The zero-order chi connectivity index (χ0) is 26.3. The number of piperidine rings is 1. The zero-order valence-electron chi connectivity index (χ0n) is 22.4. The van der Waals surface area contributed by atoms with Gasteiger partial charge in [0.15, 0.2) is 5.43 Å². The third-order valence-corrected chi connectivity index (χ3v) is 7.39. The van der Waals surface area contributed by atoms with E-state index >= 15 is 4.39 Å². The molecule has 37 heavy (non-hydrogen) atoms. The van der Waals surface area contributed by atoms with Gasteiger partial charge in [-0.25, -0.2) is 4.39 Å². The lowest BCUT2D eigenvalue weighted by Crippen LogP contribution is -2.49. The molecule has 0 aliphatic carbocycles. The van der Waals surface area contributed by atoms with Gasteiger partial charge >= 0.3 is 7.12 Å². The number of nitrogens with zero attached hydrogens (tertiary/aromatic N) is 1. The average molecular weight is 506 g/mol. The van der Waals surface area contributed by atoms with Gasteiger partial charge in [0.05, 0.1) is 17.0 Å². The molecule has 2 aliphatic heterocycles. The summed E-state index contributed by atoms with van der Waals surface area (Å²) in [6.07, 6.45) is 3.37. The summed E-state index contributed by atoms with van der Waals surface area (Å²) in [4.78, 5) is 15.6. The zero-order valence-corrected chi connectivity index (χ0v) is 22.4. The topological polar surface area (TPSA) is 63.9 Å². The third-order valence-electron chi connectivity index (χ3n) is 7.39. The summed E-state index contributed by atoms with van der Waals surface area (Å²) in [6.45, 7) is 12.7. The number of rotatable bonds is 5. The van der Waals surface area contributed by atoms with Crippen LogP contribution in [0.1, 0.15) is 62.8 Å². The van der Waals surface area contributed by atoms with Crippen molar-refractivity contribution in [1.82, 2.24) is 0 Å². The Morgan fingerprint density at radius 2 is 1.78 bits per heavy atom. The lowest BCUT2D eigenvalue weighted by Gasteiger charge is -2.34. The van der Waals surface area contributed by atoms with Crippen LogP contribution in [0.3, 0.4) is 0 Å². The first kappa shape index (κ1) is 25.8. The Balaban J connectivity index is 1.53. The SMILES string of the molecule is Cc1cc(C(C)Nc2cccc(F)c2B2OCC(C)(C)CO2)c2oc(N3CCCCC3)c(C)c(=O)c2c1. The van der Waals surface area contributed by atoms with Crippen LogP contribution in [0, 0.1) is 25.1 Å². The van der Waals surface area contributed by atoms with Crippen molar-refractivity contribution in [3.63, 3.8) is 0 Å². The van der Waals surface area contributed by atoms with Gasteiger partial charge < -0.3 is 23.9 Å². The van der Waals surface area contributed by atoms with Gasteiger partial charge in [-0.1, -0.05) is 26.0 Å². The van der Waals surface area contributed by atoms with Crippen LogP contribution in [0.2, 0.25) is 0 Å². The molecule has 3 heterocycles. The van der Waals surface area contributed by atoms with Crippen molar-refractivity contribution in [2.75, 3.05) is 36.5 Å². The molecule has 1 atom stereocenters. The standard InChI is InChI=1S/C29H36BFN2O4/c1-18-14-21(27-22(15-18)26(34)19(2)28(37-27)33-12-7-6-8-13-33)20(3)32-24-11-9-10-23(31)25(24)30-35-16-29(4,5)17-36-30/h9-11,14-15,20,32H,6-8,12-13,16-17H2,1-5H3.